The molecule has 1 aliphatic heterocycles. The molecular formula is C26H27ClFN3O3. The van der Waals surface area contributed by atoms with Crippen LogP contribution in [0.15, 0.2) is 42.5 Å². The molecule has 6 nitrogen and oxygen atoms in total. The van der Waals surface area contributed by atoms with E-state index in [-0.39, 0.29) is 11.4 Å². The molecule has 0 radical (unpaired) electrons. The van der Waals surface area contributed by atoms with Gasteiger partial charge in [-0.15, -0.1) is 0 Å². The molecule has 1 unspecified atom stereocenters. The van der Waals surface area contributed by atoms with Crippen LogP contribution in [-0.2, 0) is 22.5 Å². The van der Waals surface area contributed by atoms with Crippen LogP contribution in [0, 0.1) is 5.82 Å². The largest absolute Gasteiger partial charge is 0.449 e. The number of rotatable bonds is 6. The molecule has 1 aliphatic rings. The lowest BCUT2D eigenvalue weighted by atomic mass is 9.95. The molecule has 2 heterocycles. The van der Waals surface area contributed by atoms with Gasteiger partial charge in [0.15, 0.2) is 6.10 Å². The molecule has 3 aromatic rings. The van der Waals surface area contributed by atoms with Crippen molar-refractivity contribution < 1.29 is 18.7 Å². The number of carbonyl (C=O) groups excluding carboxylic acids is 2. The molecule has 1 atom stereocenters. The first-order valence-corrected chi connectivity index (χ1v) is 11.8. The highest BCUT2D eigenvalue weighted by Crippen LogP contribution is 2.30. The van der Waals surface area contributed by atoms with Crippen LogP contribution in [0.3, 0.4) is 0 Å². The molecule has 0 saturated heterocycles. The summed E-state index contributed by atoms with van der Waals surface area (Å²) in [6.45, 7) is 7.46. The van der Waals surface area contributed by atoms with E-state index in [1.165, 1.54) is 18.2 Å². The van der Waals surface area contributed by atoms with Crippen LogP contribution in [-0.4, -0.2) is 40.5 Å². The molecule has 0 saturated carbocycles. The molecule has 1 amide bonds. The standard InChI is InChI=1S/C26H27ClFN3O3/c1-4-23(25(32)29-16-9-10-20(28)19(27)13-16)34-26(33)24-17-7-5-6-8-21(17)30-22-11-12-31(15(2)3)14-18(22)24/h5-10,13,15,23H,4,11-12,14H2,1-3H3,(H,29,32). The first kappa shape index (κ1) is 24.1. The van der Waals surface area contributed by atoms with E-state index >= 15 is 0 Å². The minimum Gasteiger partial charge on any atom is -0.449 e. The number of ether oxygens (including phenoxy) is 1. The molecular weight excluding hydrogens is 457 g/mol. The summed E-state index contributed by atoms with van der Waals surface area (Å²) < 4.78 is 19.2. The zero-order valence-corrected chi connectivity index (χ0v) is 20.2. The number of anilines is 1. The minimum absolute atomic E-state index is 0.104. The highest BCUT2D eigenvalue weighted by atomic mass is 35.5. The Morgan fingerprint density at radius 3 is 2.71 bits per heavy atom. The number of esters is 1. The summed E-state index contributed by atoms with van der Waals surface area (Å²) in [6, 6.07) is 11.7. The number of nitrogens with one attached hydrogen (secondary N) is 1. The van der Waals surface area contributed by atoms with Crippen molar-refractivity contribution in [2.75, 3.05) is 11.9 Å². The van der Waals surface area contributed by atoms with Gasteiger partial charge in [0.1, 0.15) is 5.82 Å². The van der Waals surface area contributed by atoms with Crippen molar-refractivity contribution in [3.63, 3.8) is 0 Å². The van der Waals surface area contributed by atoms with Crippen molar-refractivity contribution in [2.24, 2.45) is 0 Å². The second-order valence-corrected chi connectivity index (χ2v) is 9.07. The molecule has 34 heavy (non-hydrogen) atoms. The molecule has 0 fully saturated rings. The smallest absolute Gasteiger partial charge is 0.340 e. The number of halogens is 2. The van der Waals surface area contributed by atoms with E-state index in [0.717, 1.165) is 29.7 Å². The van der Waals surface area contributed by atoms with E-state index < -0.39 is 23.8 Å². The van der Waals surface area contributed by atoms with Crippen LogP contribution in [0.25, 0.3) is 10.9 Å². The molecule has 0 aliphatic carbocycles. The van der Waals surface area contributed by atoms with Crippen molar-refractivity contribution >= 4 is 40.1 Å². The number of amides is 1. The van der Waals surface area contributed by atoms with Crippen molar-refractivity contribution in [1.82, 2.24) is 9.88 Å². The Morgan fingerprint density at radius 1 is 1.24 bits per heavy atom. The average Bonchev–Trinajstić information content (AvgIpc) is 2.82. The maximum Gasteiger partial charge on any atom is 0.340 e. The van der Waals surface area contributed by atoms with Crippen molar-refractivity contribution in [1.29, 1.82) is 0 Å². The Morgan fingerprint density at radius 2 is 2.00 bits per heavy atom. The lowest BCUT2D eigenvalue weighted by Crippen LogP contribution is -2.38. The number of carbonyl (C=O) groups is 2. The Labute approximate surface area is 203 Å². The first-order chi connectivity index (χ1) is 16.3. The van der Waals surface area contributed by atoms with Gasteiger partial charge in [0.2, 0.25) is 0 Å². The van der Waals surface area contributed by atoms with E-state index in [0.29, 0.717) is 29.2 Å². The number of pyridine rings is 1. The summed E-state index contributed by atoms with van der Waals surface area (Å²) in [5, 5.41) is 3.25. The summed E-state index contributed by atoms with van der Waals surface area (Å²) in [5.41, 5.74) is 3.25. The predicted octanol–water partition coefficient (Wildman–Crippen LogP) is 5.37. The fourth-order valence-electron chi connectivity index (χ4n) is 4.19. The van der Waals surface area contributed by atoms with Gasteiger partial charge in [0.05, 0.1) is 16.1 Å². The average molecular weight is 484 g/mol. The fraction of sp³-hybridized carbons (Fsp3) is 0.346. The third kappa shape index (κ3) is 4.91. The lowest BCUT2D eigenvalue weighted by molar-refractivity contribution is -0.124. The van der Waals surface area contributed by atoms with E-state index in [1.807, 2.05) is 24.3 Å². The monoisotopic (exact) mass is 483 g/mol. The quantitative estimate of drug-likeness (QED) is 0.477. The van der Waals surface area contributed by atoms with Gasteiger partial charge in [0, 0.05) is 47.9 Å². The lowest BCUT2D eigenvalue weighted by Gasteiger charge is -2.32. The summed E-state index contributed by atoms with van der Waals surface area (Å²) >= 11 is 5.81. The minimum atomic E-state index is -1.02. The second kappa shape index (κ2) is 10.1. The number of fused-ring (bicyclic) bond motifs is 2. The topological polar surface area (TPSA) is 71.5 Å². The molecule has 4 rings (SSSR count). The van der Waals surface area contributed by atoms with E-state index in [9.17, 15) is 14.0 Å². The fourth-order valence-corrected chi connectivity index (χ4v) is 4.37. The number of para-hydroxylation sites is 1. The van der Waals surface area contributed by atoms with Crippen molar-refractivity contribution in [3.8, 4) is 0 Å². The zero-order chi connectivity index (χ0) is 24.4. The van der Waals surface area contributed by atoms with Gasteiger partial charge in [-0.1, -0.05) is 36.7 Å². The number of benzene rings is 2. The summed E-state index contributed by atoms with van der Waals surface area (Å²) in [5.74, 6) is -1.64. The maximum atomic E-state index is 13.5. The number of nitrogens with zero attached hydrogens (tertiary/aromatic N) is 2. The molecule has 8 heteroatoms. The summed E-state index contributed by atoms with van der Waals surface area (Å²) in [7, 11) is 0. The van der Waals surface area contributed by atoms with Crippen LogP contribution >= 0.6 is 11.6 Å². The number of aromatic nitrogens is 1. The van der Waals surface area contributed by atoms with Gasteiger partial charge >= 0.3 is 5.97 Å². The second-order valence-electron chi connectivity index (χ2n) is 8.66. The predicted molar refractivity (Wildman–Crippen MR) is 131 cm³/mol. The first-order valence-electron chi connectivity index (χ1n) is 11.4. The van der Waals surface area contributed by atoms with Crippen molar-refractivity contribution in [2.45, 2.75) is 52.3 Å². The SMILES string of the molecule is CCC(OC(=O)c1c2c(nc3ccccc13)CCN(C(C)C)C2)C(=O)Nc1ccc(F)c(Cl)c1. The van der Waals surface area contributed by atoms with Crippen LogP contribution < -0.4 is 5.32 Å². The molecule has 178 valence electrons. The van der Waals surface area contributed by atoms with Crippen LogP contribution in [0.1, 0.15) is 48.8 Å². The highest BCUT2D eigenvalue weighted by molar-refractivity contribution is 6.31. The van der Waals surface area contributed by atoms with Crippen LogP contribution in [0.4, 0.5) is 10.1 Å². The summed E-state index contributed by atoms with van der Waals surface area (Å²) in [6.07, 6.45) is -0.0130. The van der Waals surface area contributed by atoms with Crippen molar-refractivity contribution in [3.05, 3.63) is 70.1 Å². The van der Waals surface area contributed by atoms with Crippen LogP contribution in [0.2, 0.25) is 5.02 Å². The zero-order valence-electron chi connectivity index (χ0n) is 19.4. The maximum absolute atomic E-state index is 13.5. The van der Waals surface area contributed by atoms with E-state index in [2.05, 4.69) is 24.1 Å². The molecule has 2 aromatic carbocycles. The van der Waals surface area contributed by atoms with Crippen LogP contribution in [0.5, 0.6) is 0 Å². The van der Waals surface area contributed by atoms with Gasteiger partial charge in [-0.2, -0.15) is 0 Å². The molecule has 0 spiro atoms. The Hall–Kier alpha value is -3.03. The van der Waals surface area contributed by atoms with Gasteiger partial charge in [-0.25, -0.2) is 9.18 Å². The third-order valence-corrected chi connectivity index (χ3v) is 6.40. The third-order valence-electron chi connectivity index (χ3n) is 6.11. The highest BCUT2D eigenvalue weighted by Gasteiger charge is 2.30. The molecule has 1 N–H and O–H groups in total. The van der Waals surface area contributed by atoms with Gasteiger partial charge in [-0.05, 0) is 44.5 Å². The Balaban J connectivity index is 1.64. The van der Waals surface area contributed by atoms with Gasteiger partial charge < -0.3 is 10.1 Å². The van der Waals surface area contributed by atoms with E-state index in [1.54, 1.807) is 6.92 Å². The summed E-state index contributed by atoms with van der Waals surface area (Å²) in [4.78, 5) is 33.5. The number of hydrogen-bond acceptors (Lipinski definition) is 5. The van der Waals surface area contributed by atoms with Gasteiger partial charge in [0.25, 0.3) is 5.91 Å². The van der Waals surface area contributed by atoms with Gasteiger partial charge in [-0.3, -0.25) is 14.7 Å². The Bertz CT molecular complexity index is 1250. The molecule has 1 aromatic heterocycles. The molecule has 0 bridgehead atoms. The van der Waals surface area contributed by atoms with E-state index in [4.69, 9.17) is 21.3 Å². The number of hydrogen-bond donors (Lipinski definition) is 1. The Kier molecular flexibility index (Phi) is 7.14. The normalized spacial score (nSPS) is 14.6.